The van der Waals surface area contributed by atoms with Crippen LogP contribution in [0.4, 0.5) is 0 Å². The molecule has 0 aromatic heterocycles. The van der Waals surface area contributed by atoms with E-state index in [1.807, 2.05) is 20.1 Å². The SMILES string of the molecule is CSC1=NC(C(=O)O)C(C)(C)S1. The third-order valence-corrected chi connectivity index (χ3v) is 3.89. The lowest BCUT2D eigenvalue weighted by atomic mass is 10.1. The summed E-state index contributed by atoms with van der Waals surface area (Å²) in [5, 5.41) is 8.83. The van der Waals surface area contributed by atoms with Gasteiger partial charge in [-0.25, -0.2) is 4.79 Å². The van der Waals surface area contributed by atoms with Gasteiger partial charge in [-0.2, -0.15) is 0 Å². The standard InChI is InChI=1S/C7H11NO2S2/c1-7(2)4(5(9)10)8-6(11-3)12-7/h4H,1-3H3,(H,9,10). The lowest BCUT2D eigenvalue weighted by Gasteiger charge is -2.19. The Labute approximate surface area is 80.0 Å². The van der Waals surface area contributed by atoms with Crippen molar-refractivity contribution in [1.82, 2.24) is 0 Å². The van der Waals surface area contributed by atoms with Crippen LogP contribution in [-0.4, -0.2) is 32.5 Å². The molecule has 12 heavy (non-hydrogen) atoms. The number of aliphatic carboxylic acids is 1. The van der Waals surface area contributed by atoms with Gasteiger partial charge in [0.15, 0.2) is 6.04 Å². The van der Waals surface area contributed by atoms with Crippen molar-refractivity contribution in [2.24, 2.45) is 4.99 Å². The third kappa shape index (κ3) is 1.77. The number of carbonyl (C=O) groups is 1. The smallest absolute Gasteiger partial charge is 0.329 e. The summed E-state index contributed by atoms with van der Waals surface area (Å²) in [6.45, 7) is 3.81. The van der Waals surface area contributed by atoms with Gasteiger partial charge in [0.1, 0.15) is 4.38 Å². The highest BCUT2D eigenvalue weighted by molar-refractivity contribution is 8.39. The first-order chi connectivity index (χ1) is 5.47. The molecule has 0 fully saturated rings. The first-order valence-corrected chi connectivity index (χ1v) is 5.55. The molecule has 0 amide bonds. The zero-order valence-electron chi connectivity index (χ0n) is 7.20. The summed E-state index contributed by atoms with van der Waals surface area (Å²) in [5.74, 6) is -0.837. The molecule has 5 heteroatoms. The average Bonchev–Trinajstić information content (AvgIpc) is 2.25. The van der Waals surface area contributed by atoms with Gasteiger partial charge in [-0.15, -0.1) is 11.8 Å². The quantitative estimate of drug-likeness (QED) is 0.707. The van der Waals surface area contributed by atoms with E-state index in [9.17, 15) is 4.79 Å². The van der Waals surface area contributed by atoms with Crippen LogP contribution in [0.25, 0.3) is 0 Å². The Kier molecular flexibility index (Phi) is 2.73. The maximum Gasteiger partial charge on any atom is 0.329 e. The van der Waals surface area contributed by atoms with Gasteiger partial charge < -0.3 is 5.11 Å². The van der Waals surface area contributed by atoms with Crippen LogP contribution in [0.1, 0.15) is 13.8 Å². The van der Waals surface area contributed by atoms with E-state index in [4.69, 9.17) is 5.11 Å². The van der Waals surface area contributed by atoms with E-state index in [-0.39, 0.29) is 4.75 Å². The number of thioether (sulfide) groups is 2. The maximum absolute atomic E-state index is 10.7. The Hall–Kier alpha value is -0.160. The normalized spacial score (nSPS) is 26.9. The van der Waals surface area contributed by atoms with Crippen molar-refractivity contribution in [2.45, 2.75) is 24.6 Å². The number of carboxylic acid groups (broad SMARTS) is 1. The second-order valence-electron chi connectivity index (χ2n) is 3.05. The van der Waals surface area contributed by atoms with Crippen LogP contribution in [0.5, 0.6) is 0 Å². The molecule has 68 valence electrons. The Morgan fingerprint density at radius 2 is 2.33 bits per heavy atom. The molecule has 0 saturated carbocycles. The minimum Gasteiger partial charge on any atom is -0.480 e. The second kappa shape index (κ2) is 3.30. The predicted molar refractivity (Wildman–Crippen MR) is 54.0 cm³/mol. The topological polar surface area (TPSA) is 49.7 Å². The van der Waals surface area contributed by atoms with Gasteiger partial charge in [0.25, 0.3) is 0 Å². The molecule has 1 N–H and O–H groups in total. The Morgan fingerprint density at radius 1 is 1.75 bits per heavy atom. The van der Waals surface area contributed by atoms with Crippen LogP contribution in [0.15, 0.2) is 4.99 Å². The molecule has 0 radical (unpaired) electrons. The molecule has 0 saturated heterocycles. The first-order valence-electron chi connectivity index (χ1n) is 3.51. The molecule has 3 nitrogen and oxygen atoms in total. The Balaban J connectivity index is 2.84. The fourth-order valence-electron chi connectivity index (χ4n) is 1.02. The molecule has 0 aromatic rings. The zero-order valence-corrected chi connectivity index (χ0v) is 8.83. The zero-order chi connectivity index (χ0) is 9.35. The second-order valence-corrected chi connectivity index (χ2v) is 5.74. The number of hydrogen-bond acceptors (Lipinski definition) is 4. The summed E-state index contributed by atoms with van der Waals surface area (Å²) in [7, 11) is 0. The van der Waals surface area contributed by atoms with Gasteiger partial charge in [-0.1, -0.05) is 11.8 Å². The van der Waals surface area contributed by atoms with E-state index in [0.717, 1.165) is 4.38 Å². The van der Waals surface area contributed by atoms with Gasteiger partial charge in [0.2, 0.25) is 0 Å². The van der Waals surface area contributed by atoms with Crippen LogP contribution in [0, 0.1) is 0 Å². The monoisotopic (exact) mass is 205 g/mol. The lowest BCUT2D eigenvalue weighted by Crippen LogP contribution is -2.34. The van der Waals surface area contributed by atoms with Crippen LogP contribution >= 0.6 is 23.5 Å². The molecule has 1 heterocycles. The fraction of sp³-hybridized carbons (Fsp3) is 0.714. The van der Waals surface area contributed by atoms with Crippen molar-refractivity contribution >= 4 is 33.9 Å². The van der Waals surface area contributed by atoms with Gasteiger partial charge in [0.05, 0.1) is 4.75 Å². The van der Waals surface area contributed by atoms with Crippen LogP contribution in [0.2, 0.25) is 0 Å². The molecule has 0 aliphatic carbocycles. The summed E-state index contributed by atoms with van der Waals surface area (Å²) in [4.78, 5) is 14.9. The van der Waals surface area contributed by atoms with Gasteiger partial charge in [0, 0.05) is 0 Å². The maximum atomic E-state index is 10.7. The minimum atomic E-state index is -0.837. The summed E-state index contributed by atoms with van der Waals surface area (Å²) in [6, 6.07) is -0.593. The molecule has 1 aliphatic heterocycles. The van der Waals surface area contributed by atoms with E-state index in [2.05, 4.69) is 4.99 Å². The fourth-order valence-corrected chi connectivity index (χ4v) is 3.08. The molecule has 1 rings (SSSR count). The average molecular weight is 205 g/mol. The highest BCUT2D eigenvalue weighted by atomic mass is 32.2. The molecular formula is C7H11NO2S2. The van der Waals surface area contributed by atoms with Crippen LogP contribution in [0.3, 0.4) is 0 Å². The highest BCUT2D eigenvalue weighted by Crippen LogP contribution is 2.40. The lowest BCUT2D eigenvalue weighted by molar-refractivity contribution is -0.138. The van der Waals surface area contributed by atoms with E-state index < -0.39 is 12.0 Å². The minimum absolute atomic E-state index is 0.301. The number of hydrogen-bond donors (Lipinski definition) is 1. The van der Waals surface area contributed by atoms with Crippen molar-refractivity contribution < 1.29 is 9.90 Å². The molecule has 1 unspecified atom stereocenters. The number of aliphatic imine (C=N–C) groups is 1. The first kappa shape index (κ1) is 9.92. The Bertz CT molecular complexity index is 238. The van der Waals surface area contributed by atoms with Crippen molar-refractivity contribution in [2.75, 3.05) is 6.26 Å². The van der Waals surface area contributed by atoms with Gasteiger partial charge >= 0.3 is 5.97 Å². The number of rotatable bonds is 1. The molecule has 0 aromatic carbocycles. The largest absolute Gasteiger partial charge is 0.480 e. The molecule has 1 aliphatic rings. The van der Waals surface area contributed by atoms with Crippen molar-refractivity contribution in [1.29, 1.82) is 0 Å². The third-order valence-electron chi connectivity index (χ3n) is 1.65. The van der Waals surface area contributed by atoms with Crippen LogP contribution in [-0.2, 0) is 4.79 Å². The molecule has 0 spiro atoms. The van der Waals surface area contributed by atoms with Crippen LogP contribution < -0.4 is 0 Å². The summed E-state index contributed by atoms with van der Waals surface area (Å²) in [5.41, 5.74) is 0. The predicted octanol–water partition coefficient (Wildman–Crippen LogP) is 1.68. The summed E-state index contributed by atoms with van der Waals surface area (Å²) in [6.07, 6.45) is 1.91. The number of carboxylic acids is 1. The van der Waals surface area contributed by atoms with E-state index in [1.165, 1.54) is 23.5 Å². The van der Waals surface area contributed by atoms with Crippen molar-refractivity contribution in [3.63, 3.8) is 0 Å². The summed E-state index contributed by atoms with van der Waals surface area (Å²) < 4.78 is 0.567. The van der Waals surface area contributed by atoms with E-state index >= 15 is 0 Å². The van der Waals surface area contributed by atoms with E-state index in [1.54, 1.807) is 0 Å². The Morgan fingerprint density at radius 3 is 2.58 bits per heavy atom. The van der Waals surface area contributed by atoms with Gasteiger partial charge in [-0.3, -0.25) is 4.99 Å². The molecule has 0 bridgehead atoms. The number of nitrogens with zero attached hydrogens (tertiary/aromatic N) is 1. The van der Waals surface area contributed by atoms with Gasteiger partial charge in [-0.05, 0) is 20.1 Å². The van der Waals surface area contributed by atoms with E-state index in [0.29, 0.717) is 0 Å². The highest BCUT2D eigenvalue weighted by Gasteiger charge is 2.41. The molecule has 1 atom stereocenters. The van der Waals surface area contributed by atoms with Crippen molar-refractivity contribution in [3.05, 3.63) is 0 Å². The summed E-state index contributed by atoms with van der Waals surface area (Å²) >= 11 is 3.04. The van der Waals surface area contributed by atoms with Crippen molar-refractivity contribution in [3.8, 4) is 0 Å². The molecular weight excluding hydrogens is 194 g/mol.